The van der Waals surface area contributed by atoms with Gasteiger partial charge in [0, 0.05) is 24.0 Å². The highest BCUT2D eigenvalue weighted by atomic mass is 32.1. The Balaban J connectivity index is 1.77. The summed E-state index contributed by atoms with van der Waals surface area (Å²) < 4.78 is 37.5. The number of ether oxygens (including phenoxy) is 2. The first-order chi connectivity index (χ1) is 14.5. The predicted molar refractivity (Wildman–Crippen MR) is 112 cm³/mol. The highest BCUT2D eigenvalue weighted by Gasteiger charge is 2.17. The molecule has 0 N–H and O–H groups in total. The van der Waals surface area contributed by atoms with Gasteiger partial charge in [-0.15, -0.1) is 11.3 Å². The van der Waals surface area contributed by atoms with Crippen LogP contribution in [0.15, 0.2) is 41.8 Å². The number of nitrogens with zero attached hydrogens (tertiary/aromatic N) is 2. The average Bonchev–Trinajstić information content (AvgIpc) is 3.25. The quantitative estimate of drug-likeness (QED) is 0.494. The van der Waals surface area contributed by atoms with Gasteiger partial charge < -0.3 is 14.4 Å². The monoisotopic (exact) mass is 432 g/mol. The van der Waals surface area contributed by atoms with Crippen LogP contribution in [0, 0.1) is 11.6 Å². The van der Waals surface area contributed by atoms with Crippen LogP contribution in [-0.2, 0) is 6.61 Å². The van der Waals surface area contributed by atoms with Gasteiger partial charge in [0.25, 0.3) is 5.91 Å². The molecule has 0 saturated carbocycles. The molecule has 0 radical (unpaired) electrons. The van der Waals surface area contributed by atoms with Crippen LogP contribution in [0.2, 0.25) is 0 Å². The van der Waals surface area contributed by atoms with Crippen molar-refractivity contribution >= 4 is 17.2 Å². The van der Waals surface area contributed by atoms with E-state index in [9.17, 15) is 13.6 Å². The highest BCUT2D eigenvalue weighted by molar-refractivity contribution is 7.13. The fourth-order valence-corrected chi connectivity index (χ4v) is 3.68. The van der Waals surface area contributed by atoms with Gasteiger partial charge in [0.1, 0.15) is 17.3 Å². The number of methoxy groups -OCH3 is 1. The molecule has 0 aliphatic carbocycles. The summed E-state index contributed by atoms with van der Waals surface area (Å²) in [6, 6.07) is 8.93. The summed E-state index contributed by atoms with van der Waals surface area (Å²) in [6.07, 6.45) is 0. The van der Waals surface area contributed by atoms with Crippen molar-refractivity contribution in [2.45, 2.75) is 20.5 Å². The number of hydrogen-bond donors (Lipinski definition) is 0. The lowest BCUT2D eigenvalue weighted by Crippen LogP contribution is -2.30. The molecule has 0 spiro atoms. The van der Waals surface area contributed by atoms with Crippen molar-refractivity contribution in [2.24, 2.45) is 0 Å². The van der Waals surface area contributed by atoms with E-state index in [1.165, 1.54) is 24.5 Å². The number of amides is 1. The Morgan fingerprint density at radius 3 is 2.50 bits per heavy atom. The van der Waals surface area contributed by atoms with E-state index < -0.39 is 11.6 Å². The zero-order chi connectivity index (χ0) is 21.7. The lowest BCUT2D eigenvalue weighted by Gasteiger charge is -2.16. The molecule has 0 aliphatic heterocycles. The number of thiazole rings is 1. The number of carbonyl (C=O) groups is 1. The van der Waals surface area contributed by atoms with E-state index in [0.29, 0.717) is 40.9 Å². The lowest BCUT2D eigenvalue weighted by molar-refractivity contribution is 0.0768. The van der Waals surface area contributed by atoms with Gasteiger partial charge in [0.2, 0.25) is 0 Å². The fraction of sp³-hybridized carbons (Fsp3) is 0.273. The molecule has 0 bridgehead atoms. The molecule has 1 amide bonds. The van der Waals surface area contributed by atoms with E-state index in [0.717, 1.165) is 17.7 Å². The van der Waals surface area contributed by atoms with Crippen molar-refractivity contribution in [1.29, 1.82) is 0 Å². The van der Waals surface area contributed by atoms with E-state index >= 15 is 0 Å². The fourth-order valence-electron chi connectivity index (χ4n) is 2.89. The normalized spacial score (nSPS) is 10.7. The molecule has 0 fully saturated rings. The Hall–Kier alpha value is -3.00. The van der Waals surface area contributed by atoms with Gasteiger partial charge >= 0.3 is 0 Å². The van der Waals surface area contributed by atoms with Gasteiger partial charge in [0.15, 0.2) is 23.1 Å². The second kappa shape index (κ2) is 9.67. The Labute approximate surface area is 177 Å². The maximum atomic E-state index is 13.4. The zero-order valence-corrected chi connectivity index (χ0v) is 17.8. The van der Waals surface area contributed by atoms with Gasteiger partial charge in [-0.25, -0.2) is 13.8 Å². The average molecular weight is 432 g/mol. The molecule has 3 rings (SSSR count). The summed E-state index contributed by atoms with van der Waals surface area (Å²) in [5.74, 6) is -0.981. The summed E-state index contributed by atoms with van der Waals surface area (Å²) in [7, 11) is 1.51. The van der Waals surface area contributed by atoms with Crippen molar-refractivity contribution < 1.29 is 23.0 Å². The molecule has 158 valence electrons. The molecule has 0 saturated heterocycles. The van der Waals surface area contributed by atoms with Crippen LogP contribution >= 0.6 is 11.3 Å². The summed E-state index contributed by atoms with van der Waals surface area (Å²) in [5.41, 5.74) is 1.70. The molecular formula is C22H22F2N2O3S. The van der Waals surface area contributed by atoms with E-state index in [2.05, 4.69) is 4.98 Å². The second-order valence-electron chi connectivity index (χ2n) is 6.42. The molecular weight excluding hydrogens is 410 g/mol. The topological polar surface area (TPSA) is 51.7 Å². The molecule has 5 nitrogen and oxygen atoms in total. The Kier molecular flexibility index (Phi) is 6.99. The summed E-state index contributed by atoms with van der Waals surface area (Å²) >= 11 is 1.38. The van der Waals surface area contributed by atoms with Crippen LogP contribution < -0.4 is 9.47 Å². The van der Waals surface area contributed by atoms with Crippen molar-refractivity contribution in [2.75, 3.05) is 20.2 Å². The summed E-state index contributed by atoms with van der Waals surface area (Å²) in [5, 5.41) is 2.44. The first kappa shape index (κ1) is 21.7. The third-order valence-electron chi connectivity index (χ3n) is 4.56. The maximum absolute atomic E-state index is 13.4. The Morgan fingerprint density at radius 2 is 1.83 bits per heavy atom. The maximum Gasteiger partial charge on any atom is 0.273 e. The molecule has 8 heteroatoms. The minimum absolute atomic E-state index is 0.0622. The van der Waals surface area contributed by atoms with Crippen LogP contribution in [-0.4, -0.2) is 36.0 Å². The van der Waals surface area contributed by atoms with Gasteiger partial charge in [-0.05, 0) is 49.7 Å². The first-order valence-corrected chi connectivity index (χ1v) is 10.3. The molecule has 1 aromatic heterocycles. The van der Waals surface area contributed by atoms with Crippen LogP contribution in [0.4, 0.5) is 8.78 Å². The standard InChI is InChI=1S/C22H22F2N2O3S/c1-4-26(5-2)22(27)18-13-30-21(25-18)15-7-9-19(20(11-15)28-3)29-12-14-6-8-16(23)17(24)10-14/h6-11,13H,4-5,12H2,1-3H3. The molecule has 2 aromatic carbocycles. The number of carbonyl (C=O) groups excluding carboxylic acids is 1. The zero-order valence-electron chi connectivity index (χ0n) is 16.9. The molecule has 3 aromatic rings. The van der Waals surface area contributed by atoms with Crippen molar-refractivity contribution in [3.63, 3.8) is 0 Å². The highest BCUT2D eigenvalue weighted by Crippen LogP contribution is 2.34. The summed E-state index contributed by atoms with van der Waals surface area (Å²) in [6.45, 7) is 5.17. The molecule has 0 unspecified atom stereocenters. The molecule has 0 aliphatic rings. The minimum Gasteiger partial charge on any atom is -0.493 e. The van der Waals surface area contributed by atoms with Gasteiger partial charge in [-0.3, -0.25) is 4.79 Å². The first-order valence-electron chi connectivity index (χ1n) is 9.46. The van der Waals surface area contributed by atoms with Crippen molar-refractivity contribution in [1.82, 2.24) is 9.88 Å². The number of hydrogen-bond acceptors (Lipinski definition) is 5. The van der Waals surface area contributed by atoms with Crippen LogP contribution in [0.5, 0.6) is 11.5 Å². The van der Waals surface area contributed by atoms with Crippen molar-refractivity contribution in [3.8, 4) is 22.1 Å². The van der Waals surface area contributed by atoms with Gasteiger partial charge in [-0.2, -0.15) is 0 Å². The number of benzene rings is 2. The van der Waals surface area contributed by atoms with Crippen molar-refractivity contribution in [3.05, 3.63) is 64.7 Å². The SMILES string of the molecule is CCN(CC)C(=O)c1csc(-c2ccc(OCc3ccc(F)c(F)c3)c(OC)c2)n1. The van der Waals surface area contributed by atoms with Crippen LogP contribution in [0.25, 0.3) is 10.6 Å². The number of aromatic nitrogens is 1. The molecule has 0 atom stereocenters. The van der Waals surface area contributed by atoms with Gasteiger partial charge in [-0.1, -0.05) is 6.07 Å². The van der Waals surface area contributed by atoms with Crippen LogP contribution in [0.1, 0.15) is 29.9 Å². The number of rotatable bonds is 8. The lowest BCUT2D eigenvalue weighted by atomic mass is 10.2. The molecule has 30 heavy (non-hydrogen) atoms. The Bertz CT molecular complexity index is 1030. The largest absolute Gasteiger partial charge is 0.493 e. The minimum atomic E-state index is -0.919. The molecule has 1 heterocycles. The summed E-state index contributed by atoms with van der Waals surface area (Å²) in [4.78, 5) is 18.7. The predicted octanol–water partition coefficient (Wildman–Crippen LogP) is 5.16. The van der Waals surface area contributed by atoms with E-state index in [4.69, 9.17) is 9.47 Å². The van der Waals surface area contributed by atoms with Crippen LogP contribution in [0.3, 0.4) is 0 Å². The van der Waals surface area contributed by atoms with Gasteiger partial charge in [0.05, 0.1) is 7.11 Å². The van der Waals surface area contributed by atoms with E-state index in [-0.39, 0.29) is 12.5 Å². The van der Waals surface area contributed by atoms with E-state index in [1.54, 1.807) is 22.4 Å². The second-order valence-corrected chi connectivity index (χ2v) is 7.28. The Morgan fingerprint density at radius 1 is 1.07 bits per heavy atom. The van der Waals surface area contributed by atoms with E-state index in [1.807, 2.05) is 19.9 Å². The third-order valence-corrected chi connectivity index (χ3v) is 5.45. The third kappa shape index (κ3) is 4.76. The number of halogens is 2. The smallest absolute Gasteiger partial charge is 0.273 e.